The predicted molar refractivity (Wildman–Crippen MR) is 97.6 cm³/mol. The molecule has 4 aromatic rings. The van der Waals surface area contributed by atoms with Crippen LogP contribution in [0.25, 0.3) is 22.3 Å². The van der Waals surface area contributed by atoms with Crippen LogP contribution in [0.3, 0.4) is 0 Å². The molecule has 4 rings (SSSR count). The average Bonchev–Trinajstić information content (AvgIpc) is 3.26. The van der Waals surface area contributed by atoms with Crippen LogP contribution in [-0.2, 0) is 6.54 Å². The zero-order chi connectivity index (χ0) is 17.6. The fraction of sp³-hybridized carbons (Fsp3) is 0.111. The fourth-order valence-electron chi connectivity index (χ4n) is 2.79. The van der Waals surface area contributed by atoms with Crippen molar-refractivity contribution in [3.63, 3.8) is 0 Å². The molecule has 0 bridgehead atoms. The largest absolute Gasteiger partial charge is 0.476 e. The zero-order valence-electron chi connectivity index (χ0n) is 13.2. The van der Waals surface area contributed by atoms with Crippen molar-refractivity contribution in [3.8, 4) is 11.3 Å². The molecule has 0 spiro atoms. The van der Waals surface area contributed by atoms with Gasteiger partial charge in [-0.25, -0.2) is 4.79 Å². The third-order valence-electron chi connectivity index (χ3n) is 3.98. The molecular formula is C18H13ClN2O3S. The quantitative estimate of drug-likeness (QED) is 0.543. The lowest BCUT2D eigenvalue weighted by atomic mass is 10.1. The number of thiophene rings is 1. The Kier molecular flexibility index (Phi) is 3.86. The molecule has 0 radical (unpaired) electrons. The summed E-state index contributed by atoms with van der Waals surface area (Å²) in [6.45, 7) is 2.20. The average molecular weight is 373 g/mol. The topological polar surface area (TPSA) is 68.3 Å². The van der Waals surface area contributed by atoms with Gasteiger partial charge in [0, 0.05) is 32.6 Å². The Morgan fingerprint density at radius 2 is 2.20 bits per heavy atom. The molecule has 0 aliphatic carbocycles. The minimum absolute atomic E-state index is 0.0224. The Bertz CT molecular complexity index is 1080. The molecule has 0 aliphatic rings. The van der Waals surface area contributed by atoms with Gasteiger partial charge in [0.15, 0.2) is 5.69 Å². The minimum atomic E-state index is -1.05. The Morgan fingerprint density at radius 3 is 2.88 bits per heavy atom. The van der Waals surface area contributed by atoms with Crippen LogP contribution in [0.1, 0.15) is 21.7 Å². The maximum absolute atomic E-state index is 11.1. The SMILES string of the molecule is Cc1cc(C(=O)O)nn1Cc1cc(Cl)cc2cc(-c3ccsc3)oc12. The molecule has 3 aromatic heterocycles. The fourth-order valence-corrected chi connectivity index (χ4v) is 3.68. The van der Waals surface area contributed by atoms with Gasteiger partial charge in [0.1, 0.15) is 11.3 Å². The Hall–Kier alpha value is -2.57. The molecular weight excluding hydrogens is 360 g/mol. The molecule has 0 amide bonds. The normalized spacial score (nSPS) is 11.3. The first kappa shape index (κ1) is 15.9. The highest BCUT2D eigenvalue weighted by molar-refractivity contribution is 7.08. The number of aromatic carboxylic acids is 1. The van der Waals surface area contributed by atoms with E-state index in [1.54, 1.807) is 22.1 Å². The van der Waals surface area contributed by atoms with Crippen molar-refractivity contribution in [1.29, 1.82) is 0 Å². The molecule has 0 atom stereocenters. The molecule has 25 heavy (non-hydrogen) atoms. The number of furan rings is 1. The lowest BCUT2D eigenvalue weighted by Gasteiger charge is -2.06. The van der Waals surface area contributed by atoms with E-state index >= 15 is 0 Å². The summed E-state index contributed by atoms with van der Waals surface area (Å²) < 4.78 is 7.70. The summed E-state index contributed by atoms with van der Waals surface area (Å²) in [4.78, 5) is 11.1. The summed E-state index contributed by atoms with van der Waals surface area (Å²) in [5, 5.41) is 18.8. The van der Waals surface area contributed by atoms with Crippen LogP contribution < -0.4 is 0 Å². The van der Waals surface area contributed by atoms with E-state index in [2.05, 4.69) is 5.10 Å². The smallest absolute Gasteiger partial charge is 0.356 e. The molecule has 3 heterocycles. The second-order valence-corrected chi connectivity index (χ2v) is 6.96. The summed E-state index contributed by atoms with van der Waals surface area (Å²) >= 11 is 7.86. The van der Waals surface area contributed by atoms with Gasteiger partial charge in [-0.1, -0.05) is 11.6 Å². The van der Waals surface area contributed by atoms with Crippen LogP contribution in [0.5, 0.6) is 0 Å². The number of aryl methyl sites for hydroxylation is 1. The van der Waals surface area contributed by atoms with Crippen LogP contribution in [0, 0.1) is 6.92 Å². The molecule has 1 aromatic carbocycles. The molecule has 126 valence electrons. The molecule has 0 saturated heterocycles. The first-order valence-electron chi connectivity index (χ1n) is 7.53. The van der Waals surface area contributed by atoms with Crippen molar-refractivity contribution >= 4 is 39.9 Å². The van der Waals surface area contributed by atoms with Crippen molar-refractivity contribution in [1.82, 2.24) is 9.78 Å². The van der Waals surface area contributed by atoms with Crippen LogP contribution in [0.15, 0.2) is 45.5 Å². The Balaban J connectivity index is 1.80. The van der Waals surface area contributed by atoms with Gasteiger partial charge in [-0.15, -0.1) is 0 Å². The molecule has 7 heteroatoms. The maximum atomic E-state index is 11.1. The van der Waals surface area contributed by atoms with E-state index in [-0.39, 0.29) is 5.69 Å². The molecule has 5 nitrogen and oxygen atoms in total. The maximum Gasteiger partial charge on any atom is 0.356 e. The van der Waals surface area contributed by atoms with Gasteiger partial charge < -0.3 is 9.52 Å². The van der Waals surface area contributed by atoms with E-state index in [1.807, 2.05) is 41.9 Å². The predicted octanol–water partition coefficient (Wildman–Crippen LogP) is 5.07. The number of carboxylic acids is 1. The van der Waals surface area contributed by atoms with E-state index in [4.69, 9.17) is 21.1 Å². The lowest BCUT2D eigenvalue weighted by Crippen LogP contribution is -2.06. The summed E-state index contributed by atoms with van der Waals surface area (Å²) in [6, 6.07) is 9.19. The van der Waals surface area contributed by atoms with Crippen molar-refractivity contribution in [2.45, 2.75) is 13.5 Å². The number of aromatic nitrogens is 2. The first-order valence-corrected chi connectivity index (χ1v) is 8.85. The number of carboxylic acid groups (broad SMARTS) is 1. The minimum Gasteiger partial charge on any atom is -0.476 e. The van der Waals surface area contributed by atoms with E-state index in [9.17, 15) is 4.79 Å². The summed E-state index contributed by atoms with van der Waals surface area (Å²) in [5.41, 5.74) is 3.39. The molecule has 0 unspecified atom stereocenters. The van der Waals surface area contributed by atoms with Crippen LogP contribution >= 0.6 is 22.9 Å². The third kappa shape index (κ3) is 2.94. The number of hydrogen-bond donors (Lipinski definition) is 1. The standard InChI is InChI=1S/C18H13ClN2O3S/c1-10-4-15(18(22)23)20-21(10)8-13-6-14(19)5-12-7-16(24-17(12)13)11-2-3-25-9-11/h2-7,9H,8H2,1H3,(H,22,23). The van der Waals surface area contributed by atoms with Gasteiger partial charge in [0.2, 0.25) is 0 Å². The number of benzene rings is 1. The summed E-state index contributed by atoms with van der Waals surface area (Å²) in [6.07, 6.45) is 0. The zero-order valence-corrected chi connectivity index (χ0v) is 14.8. The first-order chi connectivity index (χ1) is 12.0. The van der Waals surface area contributed by atoms with Gasteiger partial charge in [-0.2, -0.15) is 16.4 Å². The molecule has 1 N–H and O–H groups in total. The summed E-state index contributed by atoms with van der Waals surface area (Å²) in [5.74, 6) is -0.265. The van der Waals surface area contributed by atoms with Crippen LogP contribution in [0.2, 0.25) is 5.02 Å². The van der Waals surface area contributed by atoms with E-state index in [0.717, 1.165) is 33.6 Å². The number of nitrogens with zero attached hydrogens (tertiary/aromatic N) is 2. The Morgan fingerprint density at radius 1 is 1.36 bits per heavy atom. The highest BCUT2D eigenvalue weighted by Gasteiger charge is 2.15. The third-order valence-corrected chi connectivity index (χ3v) is 4.89. The van der Waals surface area contributed by atoms with Gasteiger partial charge >= 0.3 is 5.97 Å². The number of hydrogen-bond acceptors (Lipinski definition) is 4. The lowest BCUT2D eigenvalue weighted by molar-refractivity contribution is 0.0689. The summed E-state index contributed by atoms with van der Waals surface area (Å²) in [7, 11) is 0. The molecule has 0 aliphatic heterocycles. The number of halogens is 1. The molecule has 0 saturated carbocycles. The highest BCUT2D eigenvalue weighted by Crippen LogP contribution is 2.33. The Labute approximate surface area is 152 Å². The van der Waals surface area contributed by atoms with E-state index in [0.29, 0.717) is 11.6 Å². The van der Waals surface area contributed by atoms with Gasteiger partial charge in [0.25, 0.3) is 0 Å². The molecule has 0 fully saturated rings. The second kappa shape index (κ2) is 6.06. The number of rotatable bonds is 4. The van der Waals surface area contributed by atoms with Crippen LogP contribution in [-0.4, -0.2) is 20.9 Å². The number of fused-ring (bicyclic) bond motifs is 1. The van der Waals surface area contributed by atoms with E-state index < -0.39 is 5.97 Å². The van der Waals surface area contributed by atoms with Crippen molar-refractivity contribution in [3.05, 3.63) is 63.1 Å². The van der Waals surface area contributed by atoms with Crippen molar-refractivity contribution < 1.29 is 14.3 Å². The van der Waals surface area contributed by atoms with Gasteiger partial charge in [0.05, 0.1) is 6.54 Å². The highest BCUT2D eigenvalue weighted by atomic mass is 35.5. The number of carbonyl (C=O) groups is 1. The van der Waals surface area contributed by atoms with Crippen molar-refractivity contribution in [2.24, 2.45) is 0 Å². The second-order valence-electron chi connectivity index (χ2n) is 5.74. The van der Waals surface area contributed by atoms with Crippen molar-refractivity contribution in [2.75, 3.05) is 0 Å². The van der Waals surface area contributed by atoms with Crippen LogP contribution in [0.4, 0.5) is 0 Å². The van der Waals surface area contributed by atoms with Gasteiger partial charge in [-0.05, 0) is 42.6 Å². The van der Waals surface area contributed by atoms with Gasteiger partial charge in [-0.3, -0.25) is 4.68 Å². The van der Waals surface area contributed by atoms with E-state index in [1.165, 1.54) is 0 Å². The monoisotopic (exact) mass is 372 g/mol.